The first-order valence-electron chi connectivity index (χ1n) is 5.32. The number of halogens is 2. The Morgan fingerprint density at radius 2 is 2.16 bits per heavy atom. The first-order chi connectivity index (χ1) is 9.22. The van der Waals surface area contributed by atoms with Gasteiger partial charge in [0.25, 0.3) is 0 Å². The average Bonchev–Trinajstić information content (AvgIpc) is 2.93. The van der Waals surface area contributed by atoms with Gasteiger partial charge in [0.15, 0.2) is 4.67 Å². The molecule has 1 aromatic carbocycles. The Morgan fingerprint density at radius 1 is 1.32 bits per heavy atom. The summed E-state index contributed by atoms with van der Waals surface area (Å²) in [6.07, 6.45) is 1.60. The molecule has 2 heterocycles. The van der Waals surface area contributed by atoms with Crippen molar-refractivity contribution in [1.29, 1.82) is 0 Å². The molecule has 3 aromatic rings. The topological polar surface area (TPSA) is 50.4 Å². The molecule has 96 valence electrons. The summed E-state index contributed by atoms with van der Waals surface area (Å²) in [6.45, 7) is 0. The van der Waals surface area contributed by atoms with Crippen LogP contribution in [-0.2, 0) is 0 Å². The predicted molar refractivity (Wildman–Crippen MR) is 84.9 cm³/mol. The van der Waals surface area contributed by atoms with E-state index in [9.17, 15) is 0 Å². The molecule has 4 nitrogen and oxygen atoms in total. The Kier molecular flexibility index (Phi) is 3.67. The number of furan rings is 1. The molecule has 0 spiro atoms. The van der Waals surface area contributed by atoms with Crippen LogP contribution in [0.5, 0.6) is 0 Å². The Morgan fingerprint density at radius 3 is 2.89 bits per heavy atom. The number of hydrogen-bond acceptors (Lipinski definition) is 5. The molecular weight excluding hydrogens is 394 g/mol. The molecule has 0 aliphatic carbocycles. The van der Waals surface area contributed by atoms with Gasteiger partial charge in [-0.25, -0.2) is 4.98 Å². The highest BCUT2D eigenvalue weighted by Crippen LogP contribution is 2.27. The maximum Gasteiger partial charge on any atom is 0.204 e. The van der Waals surface area contributed by atoms with Gasteiger partial charge in [-0.15, -0.1) is 0 Å². The van der Waals surface area contributed by atoms with Gasteiger partial charge < -0.3 is 4.42 Å². The largest absolute Gasteiger partial charge is 0.447 e. The predicted octanol–water partition coefficient (Wildman–Crippen LogP) is 4.86. The highest BCUT2D eigenvalue weighted by atomic mass is 79.9. The monoisotopic (exact) mass is 399 g/mol. The molecule has 0 aliphatic rings. The molecule has 0 fully saturated rings. The average molecular weight is 401 g/mol. The van der Waals surface area contributed by atoms with Crippen molar-refractivity contribution in [2.75, 3.05) is 5.43 Å². The number of nitrogens with one attached hydrogen (secondary N) is 1. The van der Waals surface area contributed by atoms with E-state index in [4.69, 9.17) is 4.42 Å². The van der Waals surface area contributed by atoms with Gasteiger partial charge in [-0.1, -0.05) is 23.5 Å². The van der Waals surface area contributed by atoms with Crippen LogP contribution in [0, 0.1) is 0 Å². The lowest BCUT2D eigenvalue weighted by molar-refractivity contribution is 0.533. The van der Waals surface area contributed by atoms with Gasteiger partial charge in [0.05, 0.1) is 20.9 Å². The quantitative estimate of drug-likeness (QED) is 0.504. The number of aromatic nitrogens is 1. The normalized spacial score (nSPS) is 11.5. The molecule has 0 radical (unpaired) electrons. The number of rotatable bonds is 3. The van der Waals surface area contributed by atoms with E-state index in [1.807, 2.05) is 30.3 Å². The molecule has 0 saturated heterocycles. The smallest absolute Gasteiger partial charge is 0.204 e. The fourth-order valence-electron chi connectivity index (χ4n) is 1.50. The van der Waals surface area contributed by atoms with E-state index in [1.54, 1.807) is 17.6 Å². The molecule has 2 aromatic heterocycles. The Bertz CT molecular complexity index is 698. The van der Waals surface area contributed by atoms with Gasteiger partial charge >= 0.3 is 0 Å². The first kappa shape index (κ1) is 12.8. The van der Waals surface area contributed by atoms with Crippen LogP contribution in [0.3, 0.4) is 0 Å². The van der Waals surface area contributed by atoms with Crippen LogP contribution in [0.25, 0.3) is 10.2 Å². The lowest BCUT2D eigenvalue weighted by atomic mass is 10.3. The molecule has 19 heavy (non-hydrogen) atoms. The molecule has 0 bridgehead atoms. The number of anilines is 1. The number of fused-ring (bicyclic) bond motifs is 1. The van der Waals surface area contributed by atoms with E-state index in [1.165, 1.54) is 0 Å². The van der Waals surface area contributed by atoms with E-state index in [-0.39, 0.29) is 0 Å². The van der Waals surface area contributed by atoms with Crippen LogP contribution in [0.4, 0.5) is 5.13 Å². The maximum absolute atomic E-state index is 5.37. The molecule has 0 saturated carbocycles. The second kappa shape index (κ2) is 5.44. The fourth-order valence-corrected chi connectivity index (χ4v) is 2.92. The summed E-state index contributed by atoms with van der Waals surface area (Å²) in [6, 6.07) is 9.79. The second-order valence-electron chi connectivity index (χ2n) is 3.63. The Balaban J connectivity index is 1.74. The lowest BCUT2D eigenvalue weighted by Crippen LogP contribution is -1.88. The summed E-state index contributed by atoms with van der Waals surface area (Å²) in [5, 5.41) is 4.85. The van der Waals surface area contributed by atoms with E-state index in [0.717, 1.165) is 19.8 Å². The highest BCUT2D eigenvalue weighted by molar-refractivity contribution is 9.13. The van der Waals surface area contributed by atoms with E-state index in [0.29, 0.717) is 10.4 Å². The molecule has 0 aliphatic heterocycles. The van der Waals surface area contributed by atoms with Crippen molar-refractivity contribution in [1.82, 2.24) is 4.98 Å². The zero-order valence-corrected chi connectivity index (χ0v) is 13.4. The lowest BCUT2D eigenvalue weighted by Gasteiger charge is -1.90. The van der Waals surface area contributed by atoms with Crippen molar-refractivity contribution in [3.8, 4) is 0 Å². The Labute approximate surface area is 129 Å². The van der Waals surface area contributed by atoms with Gasteiger partial charge in [-0.05, 0) is 44.0 Å². The minimum absolute atomic E-state index is 0.646. The molecular formula is C12H7Br2N3OS. The highest BCUT2D eigenvalue weighted by Gasteiger charge is 2.04. The third-order valence-corrected chi connectivity index (χ3v) is 4.96. The van der Waals surface area contributed by atoms with Gasteiger partial charge in [-0.2, -0.15) is 5.10 Å². The number of thiazole rings is 1. The number of hydrazone groups is 1. The molecule has 0 unspecified atom stereocenters. The van der Waals surface area contributed by atoms with Crippen molar-refractivity contribution in [3.63, 3.8) is 0 Å². The number of hydrogen-bond donors (Lipinski definition) is 1. The van der Waals surface area contributed by atoms with Gasteiger partial charge in [-0.3, -0.25) is 5.43 Å². The zero-order valence-electron chi connectivity index (χ0n) is 9.43. The molecule has 1 N–H and O–H groups in total. The SMILES string of the molecule is Brc1cc(C=NNc2nc3ccccc3s2)oc1Br. The first-order valence-corrected chi connectivity index (χ1v) is 7.72. The summed E-state index contributed by atoms with van der Waals surface area (Å²) in [5.74, 6) is 0.646. The van der Waals surface area contributed by atoms with Crippen LogP contribution >= 0.6 is 43.2 Å². The summed E-state index contributed by atoms with van der Waals surface area (Å²) < 4.78 is 8.01. The number of benzene rings is 1. The molecule has 7 heteroatoms. The second-order valence-corrected chi connectivity index (χ2v) is 6.23. The van der Waals surface area contributed by atoms with Crippen molar-refractivity contribution in [2.24, 2.45) is 5.10 Å². The van der Waals surface area contributed by atoms with Crippen LogP contribution in [0.1, 0.15) is 5.76 Å². The summed E-state index contributed by atoms with van der Waals surface area (Å²) in [4.78, 5) is 4.41. The van der Waals surface area contributed by atoms with E-state index in [2.05, 4.69) is 47.4 Å². The van der Waals surface area contributed by atoms with Gasteiger partial charge in [0.2, 0.25) is 5.13 Å². The third-order valence-electron chi connectivity index (χ3n) is 2.31. The van der Waals surface area contributed by atoms with Crippen LogP contribution < -0.4 is 5.43 Å². The minimum atomic E-state index is 0.646. The van der Waals surface area contributed by atoms with E-state index < -0.39 is 0 Å². The van der Waals surface area contributed by atoms with Crippen molar-refractivity contribution in [3.05, 3.63) is 45.2 Å². The van der Waals surface area contributed by atoms with Crippen LogP contribution in [-0.4, -0.2) is 11.2 Å². The summed E-state index contributed by atoms with van der Waals surface area (Å²) >= 11 is 8.17. The standard InChI is InChI=1S/C12H7Br2N3OS/c13-8-5-7(18-11(8)14)6-15-17-12-16-9-3-1-2-4-10(9)19-12/h1-6H,(H,16,17). The summed E-state index contributed by atoms with van der Waals surface area (Å²) in [5.41, 5.74) is 3.86. The van der Waals surface area contributed by atoms with Crippen molar-refractivity contribution < 1.29 is 4.42 Å². The van der Waals surface area contributed by atoms with Crippen molar-refractivity contribution >= 4 is 64.8 Å². The van der Waals surface area contributed by atoms with Crippen molar-refractivity contribution in [2.45, 2.75) is 0 Å². The molecule has 0 amide bonds. The van der Waals surface area contributed by atoms with Gasteiger partial charge in [0, 0.05) is 6.07 Å². The Hall–Kier alpha value is -1.18. The fraction of sp³-hybridized carbons (Fsp3) is 0. The van der Waals surface area contributed by atoms with Crippen LogP contribution in [0.2, 0.25) is 0 Å². The molecule has 3 rings (SSSR count). The number of para-hydroxylation sites is 1. The van der Waals surface area contributed by atoms with E-state index >= 15 is 0 Å². The van der Waals surface area contributed by atoms with Gasteiger partial charge in [0.1, 0.15) is 5.76 Å². The maximum atomic E-state index is 5.37. The number of nitrogens with zero attached hydrogens (tertiary/aromatic N) is 2. The zero-order chi connectivity index (χ0) is 13.2. The molecule has 0 atom stereocenters. The summed E-state index contributed by atoms with van der Waals surface area (Å²) in [7, 11) is 0. The van der Waals surface area contributed by atoms with Crippen LogP contribution in [0.15, 0.2) is 49.0 Å². The minimum Gasteiger partial charge on any atom is -0.447 e. The third kappa shape index (κ3) is 2.88.